The Morgan fingerprint density at radius 3 is 2.75 bits per heavy atom. The first-order valence-corrected chi connectivity index (χ1v) is 8.64. The van der Waals surface area contributed by atoms with Crippen LogP contribution in [0.1, 0.15) is 24.8 Å². The maximum atomic E-state index is 12.1. The monoisotopic (exact) mass is 419 g/mol. The second kappa shape index (κ2) is 6.87. The van der Waals surface area contributed by atoms with Crippen molar-refractivity contribution >= 4 is 48.9 Å². The van der Waals surface area contributed by atoms with Gasteiger partial charge < -0.3 is 5.32 Å². The molecule has 2 aromatic rings. The van der Waals surface area contributed by atoms with Crippen molar-refractivity contribution in [1.82, 2.24) is 9.78 Å². The van der Waals surface area contributed by atoms with Crippen LogP contribution in [-0.2, 0) is 6.42 Å². The number of anilines is 1. The SMILES string of the molecule is CC(C)n1ncc(NCCc2ccc(Br)s2)c(Br)c1=O. The highest BCUT2D eigenvalue weighted by atomic mass is 79.9. The Morgan fingerprint density at radius 1 is 1.40 bits per heavy atom. The molecule has 0 aliphatic heterocycles. The fourth-order valence-corrected chi connectivity index (χ4v) is 3.65. The van der Waals surface area contributed by atoms with Crippen LogP contribution < -0.4 is 10.9 Å². The quantitative estimate of drug-likeness (QED) is 0.792. The zero-order valence-electron chi connectivity index (χ0n) is 11.2. The molecule has 0 aliphatic carbocycles. The highest BCUT2D eigenvalue weighted by Crippen LogP contribution is 2.23. The van der Waals surface area contributed by atoms with Gasteiger partial charge >= 0.3 is 0 Å². The minimum Gasteiger partial charge on any atom is -0.382 e. The third kappa shape index (κ3) is 3.71. The topological polar surface area (TPSA) is 46.9 Å². The van der Waals surface area contributed by atoms with Crippen molar-refractivity contribution in [2.75, 3.05) is 11.9 Å². The molecule has 0 unspecified atom stereocenters. The Kier molecular flexibility index (Phi) is 5.40. The van der Waals surface area contributed by atoms with Crippen molar-refractivity contribution in [1.29, 1.82) is 0 Å². The molecule has 0 saturated heterocycles. The van der Waals surface area contributed by atoms with E-state index in [4.69, 9.17) is 0 Å². The summed E-state index contributed by atoms with van der Waals surface area (Å²) in [6.07, 6.45) is 2.60. The molecule has 0 aromatic carbocycles. The second-order valence-corrected chi connectivity index (χ2v) is 7.94. The molecule has 0 aliphatic rings. The molecule has 2 aromatic heterocycles. The number of halogens is 2. The number of nitrogens with one attached hydrogen (secondary N) is 1. The Bertz CT molecular complexity index is 651. The minimum atomic E-state index is -0.108. The fraction of sp³-hybridized carbons (Fsp3) is 0.385. The third-order valence-corrected chi connectivity index (χ3v) is 5.20. The molecule has 2 rings (SSSR count). The van der Waals surface area contributed by atoms with E-state index in [1.807, 2.05) is 19.9 Å². The van der Waals surface area contributed by atoms with Crippen molar-refractivity contribution in [2.45, 2.75) is 26.3 Å². The van der Waals surface area contributed by atoms with Gasteiger partial charge in [0.05, 0.1) is 21.7 Å². The average Bonchev–Trinajstić information content (AvgIpc) is 2.80. The molecule has 108 valence electrons. The Labute approximate surface area is 138 Å². The van der Waals surface area contributed by atoms with Crippen molar-refractivity contribution in [3.05, 3.63) is 41.8 Å². The molecule has 0 bridgehead atoms. The number of aromatic nitrogens is 2. The van der Waals surface area contributed by atoms with Gasteiger partial charge in [-0.05, 0) is 64.3 Å². The van der Waals surface area contributed by atoms with E-state index in [0.717, 1.165) is 22.4 Å². The number of hydrogen-bond donors (Lipinski definition) is 1. The predicted octanol–water partition coefficient (Wildman–Crippen LogP) is 4.07. The molecule has 20 heavy (non-hydrogen) atoms. The number of hydrogen-bond acceptors (Lipinski definition) is 4. The highest BCUT2D eigenvalue weighted by Gasteiger charge is 2.10. The van der Waals surface area contributed by atoms with Gasteiger partial charge in [-0.2, -0.15) is 5.10 Å². The summed E-state index contributed by atoms with van der Waals surface area (Å²) >= 11 is 8.52. The molecule has 0 radical (unpaired) electrons. The molecule has 2 heterocycles. The van der Waals surface area contributed by atoms with Crippen LogP contribution in [0.2, 0.25) is 0 Å². The molecule has 7 heteroatoms. The molecule has 4 nitrogen and oxygen atoms in total. The number of nitrogens with zero attached hydrogens (tertiary/aromatic N) is 2. The van der Waals surface area contributed by atoms with Crippen LogP contribution in [0.3, 0.4) is 0 Å². The van der Waals surface area contributed by atoms with E-state index in [1.54, 1.807) is 17.5 Å². The maximum Gasteiger partial charge on any atom is 0.283 e. The molecule has 0 fully saturated rings. The molecule has 0 amide bonds. The van der Waals surface area contributed by atoms with E-state index >= 15 is 0 Å². The van der Waals surface area contributed by atoms with Crippen LogP contribution in [0.25, 0.3) is 0 Å². The van der Waals surface area contributed by atoms with Crippen molar-refractivity contribution in [2.24, 2.45) is 0 Å². The van der Waals surface area contributed by atoms with Gasteiger partial charge in [-0.25, -0.2) is 4.68 Å². The minimum absolute atomic E-state index is 0.0521. The molecule has 1 N–H and O–H groups in total. The van der Waals surface area contributed by atoms with Crippen molar-refractivity contribution in [3.8, 4) is 0 Å². The second-order valence-electron chi connectivity index (χ2n) is 4.60. The summed E-state index contributed by atoms with van der Waals surface area (Å²) < 4.78 is 3.13. The van der Waals surface area contributed by atoms with Gasteiger partial charge in [-0.1, -0.05) is 0 Å². The smallest absolute Gasteiger partial charge is 0.283 e. The summed E-state index contributed by atoms with van der Waals surface area (Å²) in [5.41, 5.74) is 0.631. The molecular formula is C13H15Br2N3OS. The first-order chi connectivity index (χ1) is 9.49. The largest absolute Gasteiger partial charge is 0.382 e. The van der Waals surface area contributed by atoms with Crippen LogP contribution in [0, 0.1) is 0 Å². The van der Waals surface area contributed by atoms with Gasteiger partial charge in [0.2, 0.25) is 0 Å². The fourth-order valence-electron chi connectivity index (χ4n) is 1.74. The summed E-state index contributed by atoms with van der Waals surface area (Å²) in [6, 6.07) is 4.19. The summed E-state index contributed by atoms with van der Waals surface area (Å²) in [7, 11) is 0. The van der Waals surface area contributed by atoms with E-state index in [9.17, 15) is 4.79 Å². The van der Waals surface area contributed by atoms with Crippen molar-refractivity contribution < 1.29 is 0 Å². The average molecular weight is 421 g/mol. The summed E-state index contributed by atoms with van der Waals surface area (Å²) in [6.45, 7) is 4.63. The van der Waals surface area contributed by atoms with E-state index in [1.165, 1.54) is 9.56 Å². The molecule has 0 saturated carbocycles. The van der Waals surface area contributed by atoms with Gasteiger partial charge in [0, 0.05) is 11.4 Å². The Hall–Kier alpha value is -0.660. The van der Waals surface area contributed by atoms with Crippen LogP contribution >= 0.6 is 43.2 Å². The van der Waals surface area contributed by atoms with Crippen LogP contribution in [0.5, 0.6) is 0 Å². The van der Waals surface area contributed by atoms with E-state index in [-0.39, 0.29) is 11.6 Å². The lowest BCUT2D eigenvalue weighted by atomic mass is 10.3. The van der Waals surface area contributed by atoms with Gasteiger partial charge in [-0.3, -0.25) is 4.79 Å². The number of thiophene rings is 1. The zero-order valence-corrected chi connectivity index (χ0v) is 15.2. The van der Waals surface area contributed by atoms with Gasteiger partial charge in [0.15, 0.2) is 0 Å². The highest BCUT2D eigenvalue weighted by molar-refractivity contribution is 9.11. The predicted molar refractivity (Wildman–Crippen MR) is 90.8 cm³/mol. The van der Waals surface area contributed by atoms with Gasteiger partial charge in [0.1, 0.15) is 4.47 Å². The molecule has 0 spiro atoms. The van der Waals surface area contributed by atoms with Crippen LogP contribution in [-0.4, -0.2) is 16.3 Å². The normalized spacial score (nSPS) is 11.1. The lowest BCUT2D eigenvalue weighted by molar-refractivity contribution is 0.501. The molecular weight excluding hydrogens is 406 g/mol. The lowest BCUT2D eigenvalue weighted by Gasteiger charge is -2.12. The van der Waals surface area contributed by atoms with E-state index < -0.39 is 0 Å². The van der Waals surface area contributed by atoms with Crippen LogP contribution in [0.15, 0.2) is 31.4 Å². The first kappa shape index (κ1) is 15.7. The standard InChI is InChI=1S/C13H15Br2N3OS/c1-8(2)18-13(19)12(15)10(7-17-18)16-6-5-9-3-4-11(14)20-9/h3-4,7-8,16H,5-6H2,1-2H3. The Balaban J connectivity index is 2.03. The summed E-state index contributed by atoms with van der Waals surface area (Å²) in [5.74, 6) is 0. The number of rotatable bonds is 5. The summed E-state index contributed by atoms with van der Waals surface area (Å²) in [5, 5.41) is 7.42. The van der Waals surface area contributed by atoms with E-state index in [0.29, 0.717) is 4.47 Å². The summed E-state index contributed by atoms with van der Waals surface area (Å²) in [4.78, 5) is 13.4. The van der Waals surface area contributed by atoms with E-state index in [2.05, 4.69) is 48.3 Å². The Morgan fingerprint density at radius 2 is 2.15 bits per heavy atom. The lowest BCUT2D eigenvalue weighted by Crippen LogP contribution is -2.26. The van der Waals surface area contributed by atoms with Gasteiger partial charge in [0.25, 0.3) is 5.56 Å². The molecule has 0 atom stereocenters. The van der Waals surface area contributed by atoms with Crippen molar-refractivity contribution in [3.63, 3.8) is 0 Å². The van der Waals surface area contributed by atoms with Gasteiger partial charge in [-0.15, -0.1) is 11.3 Å². The maximum absolute atomic E-state index is 12.1. The first-order valence-electron chi connectivity index (χ1n) is 6.24. The zero-order chi connectivity index (χ0) is 14.7. The third-order valence-electron chi connectivity index (χ3n) is 2.75. The van der Waals surface area contributed by atoms with Crippen LogP contribution in [0.4, 0.5) is 5.69 Å².